The summed E-state index contributed by atoms with van der Waals surface area (Å²) in [4.78, 5) is 12.5. The van der Waals surface area contributed by atoms with Gasteiger partial charge in [-0.3, -0.25) is 4.79 Å². The predicted octanol–water partition coefficient (Wildman–Crippen LogP) is 3.61. The van der Waals surface area contributed by atoms with Crippen molar-refractivity contribution < 1.29 is 17.9 Å². The summed E-state index contributed by atoms with van der Waals surface area (Å²) in [6, 6.07) is 10.1. The van der Waals surface area contributed by atoms with Crippen LogP contribution >= 0.6 is 27.5 Å². The van der Waals surface area contributed by atoms with Gasteiger partial charge in [0.05, 0.1) is 6.61 Å². The van der Waals surface area contributed by atoms with Gasteiger partial charge in [-0.25, -0.2) is 8.42 Å². The van der Waals surface area contributed by atoms with Crippen LogP contribution < -0.4 is 10.1 Å². The van der Waals surface area contributed by atoms with Crippen LogP contribution in [0, 0.1) is 0 Å². The van der Waals surface area contributed by atoms with E-state index in [4.69, 9.17) is 16.3 Å². The molecule has 0 aromatic heterocycles. The fourth-order valence-corrected chi connectivity index (χ4v) is 4.66. The molecule has 2 aromatic rings. The fourth-order valence-electron chi connectivity index (χ4n) is 2.56. The highest BCUT2D eigenvalue weighted by Crippen LogP contribution is 2.33. The van der Waals surface area contributed by atoms with Gasteiger partial charge in [-0.15, -0.1) is 0 Å². The first-order valence-corrected chi connectivity index (χ1v) is 10.7. The summed E-state index contributed by atoms with van der Waals surface area (Å²) in [7, 11) is -1.23. The van der Waals surface area contributed by atoms with Gasteiger partial charge in [-0.2, -0.15) is 4.31 Å². The standard InChI is InChI=1S/C18H20BrClN2O4S/c1-4-26-15-10-7-13(19)11-16(15)27(24,25)22(3)17(18(23)21-2)12-5-8-14(20)9-6-12/h5-11,17H,4H2,1-3H3,(H,21,23)/t17-/m0/s1. The number of sulfonamides is 1. The van der Waals surface area contributed by atoms with Crippen molar-refractivity contribution in [3.05, 3.63) is 57.5 Å². The lowest BCUT2D eigenvalue weighted by Gasteiger charge is -2.27. The molecule has 0 aliphatic heterocycles. The first-order valence-electron chi connectivity index (χ1n) is 8.09. The highest BCUT2D eigenvalue weighted by molar-refractivity contribution is 9.10. The van der Waals surface area contributed by atoms with E-state index in [9.17, 15) is 13.2 Å². The van der Waals surface area contributed by atoms with Crippen molar-refractivity contribution in [3.63, 3.8) is 0 Å². The maximum atomic E-state index is 13.3. The van der Waals surface area contributed by atoms with Gasteiger partial charge in [-0.1, -0.05) is 39.7 Å². The number of likely N-dealkylation sites (N-methyl/N-ethyl adjacent to an activating group) is 2. The van der Waals surface area contributed by atoms with Gasteiger partial charge in [0.2, 0.25) is 15.9 Å². The van der Waals surface area contributed by atoms with Crippen molar-refractivity contribution in [2.24, 2.45) is 0 Å². The second kappa shape index (κ2) is 9.05. The third-order valence-corrected chi connectivity index (χ3v) is 6.50. The molecule has 0 radical (unpaired) electrons. The number of carbonyl (C=O) groups is 1. The topological polar surface area (TPSA) is 75.7 Å². The Hall–Kier alpha value is -1.61. The van der Waals surface area contributed by atoms with Gasteiger partial charge >= 0.3 is 0 Å². The Morgan fingerprint density at radius 3 is 2.44 bits per heavy atom. The van der Waals surface area contributed by atoms with Gasteiger partial charge in [0, 0.05) is 23.6 Å². The summed E-state index contributed by atoms with van der Waals surface area (Å²) >= 11 is 9.20. The number of ether oxygens (including phenoxy) is 1. The van der Waals surface area contributed by atoms with Crippen LogP contribution in [-0.4, -0.2) is 39.3 Å². The van der Waals surface area contributed by atoms with E-state index in [1.807, 2.05) is 0 Å². The SMILES string of the molecule is CCOc1ccc(Br)cc1S(=O)(=O)N(C)[C@H](C(=O)NC)c1ccc(Cl)cc1. The lowest BCUT2D eigenvalue weighted by atomic mass is 10.1. The molecule has 0 aliphatic carbocycles. The molecule has 146 valence electrons. The zero-order valence-corrected chi connectivity index (χ0v) is 18.2. The summed E-state index contributed by atoms with van der Waals surface area (Å²) in [5, 5.41) is 3.01. The predicted molar refractivity (Wildman–Crippen MR) is 109 cm³/mol. The highest BCUT2D eigenvalue weighted by atomic mass is 79.9. The van der Waals surface area contributed by atoms with Gasteiger partial charge < -0.3 is 10.1 Å². The normalized spacial score (nSPS) is 12.7. The minimum Gasteiger partial charge on any atom is -0.492 e. The van der Waals surface area contributed by atoms with Gasteiger partial charge in [0.15, 0.2) is 0 Å². The highest BCUT2D eigenvalue weighted by Gasteiger charge is 2.35. The zero-order chi connectivity index (χ0) is 20.2. The van der Waals surface area contributed by atoms with Crippen molar-refractivity contribution in [1.29, 1.82) is 0 Å². The molecule has 9 heteroatoms. The number of nitrogens with one attached hydrogen (secondary N) is 1. The molecule has 2 rings (SSSR count). The second-order valence-corrected chi connectivity index (χ2v) is 8.93. The van der Waals surface area contributed by atoms with Crippen LogP contribution in [0.2, 0.25) is 5.02 Å². The first kappa shape index (κ1) is 21.7. The molecule has 1 amide bonds. The molecular weight excluding hydrogens is 456 g/mol. The Morgan fingerprint density at radius 2 is 1.89 bits per heavy atom. The van der Waals surface area contributed by atoms with E-state index in [1.165, 1.54) is 20.2 Å². The number of halogens is 2. The van der Waals surface area contributed by atoms with E-state index in [2.05, 4.69) is 21.2 Å². The number of hydrogen-bond donors (Lipinski definition) is 1. The monoisotopic (exact) mass is 474 g/mol. The molecule has 0 spiro atoms. The molecule has 1 N–H and O–H groups in total. The largest absolute Gasteiger partial charge is 0.492 e. The fraction of sp³-hybridized carbons (Fsp3) is 0.278. The van der Waals surface area contributed by atoms with Crippen LogP contribution in [0.15, 0.2) is 51.8 Å². The molecule has 2 aromatic carbocycles. The summed E-state index contributed by atoms with van der Waals surface area (Å²) in [6.07, 6.45) is 0. The minimum absolute atomic E-state index is 0.0240. The molecule has 6 nitrogen and oxygen atoms in total. The maximum Gasteiger partial charge on any atom is 0.247 e. The zero-order valence-electron chi connectivity index (χ0n) is 15.1. The molecule has 27 heavy (non-hydrogen) atoms. The summed E-state index contributed by atoms with van der Waals surface area (Å²) < 4.78 is 33.7. The Kier molecular flexibility index (Phi) is 7.27. The van der Waals surface area contributed by atoms with Crippen molar-refractivity contribution in [3.8, 4) is 5.75 Å². The van der Waals surface area contributed by atoms with Crippen molar-refractivity contribution >= 4 is 43.5 Å². The van der Waals surface area contributed by atoms with Gasteiger partial charge in [-0.05, 0) is 42.8 Å². The van der Waals surface area contributed by atoms with Crippen LogP contribution in [0.4, 0.5) is 0 Å². The average Bonchev–Trinajstić information content (AvgIpc) is 2.64. The molecule has 0 bridgehead atoms. The van der Waals surface area contributed by atoms with Crippen LogP contribution in [0.1, 0.15) is 18.5 Å². The Labute approximate surface area is 172 Å². The van der Waals surface area contributed by atoms with E-state index >= 15 is 0 Å². The van der Waals surface area contributed by atoms with E-state index in [-0.39, 0.29) is 10.6 Å². The van der Waals surface area contributed by atoms with Crippen molar-refractivity contribution in [2.45, 2.75) is 17.9 Å². The van der Waals surface area contributed by atoms with Crippen LogP contribution in [0.25, 0.3) is 0 Å². The van der Waals surface area contributed by atoms with Crippen LogP contribution in [0.5, 0.6) is 5.75 Å². The molecular formula is C18H20BrClN2O4S. The maximum absolute atomic E-state index is 13.3. The second-order valence-electron chi connectivity index (χ2n) is 5.61. The van der Waals surface area contributed by atoms with E-state index in [0.29, 0.717) is 21.7 Å². The van der Waals surface area contributed by atoms with Crippen molar-refractivity contribution in [1.82, 2.24) is 9.62 Å². The average molecular weight is 476 g/mol. The Balaban J connectivity index is 2.56. The Bertz CT molecular complexity index is 919. The third-order valence-electron chi connectivity index (χ3n) is 3.91. The Morgan fingerprint density at radius 1 is 1.26 bits per heavy atom. The van der Waals surface area contributed by atoms with Crippen LogP contribution in [-0.2, 0) is 14.8 Å². The number of nitrogens with zero attached hydrogens (tertiary/aromatic N) is 1. The van der Waals surface area contributed by atoms with Gasteiger partial charge in [0.1, 0.15) is 16.7 Å². The number of carbonyl (C=O) groups excluding carboxylic acids is 1. The molecule has 0 saturated carbocycles. The quantitative estimate of drug-likeness (QED) is 0.664. The number of hydrogen-bond acceptors (Lipinski definition) is 4. The van der Waals surface area contributed by atoms with E-state index in [0.717, 1.165) is 4.31 Å². The number of rotatable bonds is 7. The summed E-state index contributed by atoms with van der Waals surface area (Å²) in [5.74, 6) is -0.240. The van der Waals surface area contributed by atoms with Crippen LogP contribution in [0.3, 0.4) is 0 Å². The van der Waals surface area contributed by atoms with E-state index < -0.39 is 22.0 Å². The lowest BCUT2D eigenvalue weighted by molar-refractivity contribution is -0.124. The molecule has 0 unspecified atom stereocenters. The smallest absolute Gasteiger partial charge is 0.247 e. The molecule has 0 saturated heterocycles. The first-order chi connectivity index (χ1) is 12.7. The third kappa shape index (κ3) is 4.82. The minimum atomic E-state index is -4.04. The molecule has 0 fully saturated rings. The van der Waals surface area contributed by atoms with Crippen molar-refractivity contribution in [2.75, 3.05) is 20.7 Å². The molecule has 0 aliphatic rings. The summed E-state index contributed by atoms with van der Waals surface area (Å²) in [6.45, 7) is 2.08. The number of amides is 1. The number of benzene rings is 2. The molecule has 0 heterocycles. The van der Waals surface area contributed by atoms with Gasteiger partial charge in [0.25, 0.3) is 0 Å². The summed E-state index contributed by atoms with van der Waals surface area (Å²) in [5.41, 5.74) is 0.498. The lowest BCUT2D eigenvalue weighted by Crippen LogP contribution is -2.40. The molecule has 1 atom stereocenters. The van der Waals surface area contributed by atoms with E-state index in [1.54, 1.807) is 43.3 Å².